The van der Waals surface area contributed by atoms with Gasteiger partial charge in [0.05, 0.1) is 36.9 Å². The van der Waals surface area contributed by atoms with Crippen LogP contribution in [0.3, 0.4) is 0 Å². The van der Waals surface area contributed by atoms with Gasteiger partial charge in [0.2, 0.25) is 15.9 Å². The smallest absolute Gasteiger partial charge is 0.264 e. The van der Waals surface area contributed by atoms with Gasteiger partial charge >= 0.3 is 0 Å². The molecule has 0 radical (unpaired) electrons. The Balaban J connectivity index is 1.35. The van der Waals surface area contributed by atoms with Crippen molar-refractivity contribution >= 4 is 39.1 Å². The van der Waals surface area contributed by atoms with E-state index in [2.05, 4.69) is 21.8 Å². The first-order valence-corrected chi connectivity index (χ1v) is 20.8. The molecule has 53 heavy (non-hydrogen) atoms. The molecule has 6 rings (SSSR count). The van der Waals surface area contributed by atoms with E-state index in [0.29, 0.717) is 63.2 Å². The number of benzene rings is 2. The Kier molecular flexibility index (Phi) is 12.8. The standard InChI is InChI=1S/C40H54ClN3O8S/c1-27-7-5-9-36(51-24-38(45)43(17-19-49-3)18-20-50-4)33-13-10-31(33)23-44-25-40(16-6-8-29-21-32(41)12-14-34(29)40)26-52-37-15-11-30(22-35(37)44)39(46)42-53(47,48)28(27)2/h5,9,11-12,14-15,21-22,27-28,31,33,36H,6-8,10,13,16-20,23-26H2,1-4H3,(H,42,46)/b9-5-/t27-,28+,31-,33+,36-,40-/m0/s1. The maximum atomic E-state index is 13.6. The van der Waals surface area contributed by atoms with Crippen LogP contribution >= 0.6 is 11.6 Å². The molecule has 2 heterocycles. The van der Waals surface area contributed by atoms with Crippen molar-refractivity contribution in [1.82, 2.24) is 9.62 Å². The maximum Gasteiger partial charge on any atom is 0.264 e. The van der Waals surface area contributed by atoms with Crippen LogP contribution in [0.25, 0.3) is 0 Å². The summed E-state index contributed by atoms with van der Waals surface area (Å²) in [7, 11) is -0.780. The number of sulfonamides is 1. The van der Waals surface area contributed by atoms with Crippen LogP contribution < -0.4 is 14.4 Å². The predicted molar refractivity (Wildman–Crippen MR) is 205 cm³/mol. The number of halogens is 1. The molecule has 13 heteroatoms. The van der Waals surface area contributed by atoms with Crippen molar-refractivity contribution in [1.29, 1.82) is 0 Å². The van der Waals surface area contributed by atoms with E-state index in [4.69, 9.17) is 30.5 Å². The van der Waals surface area contributed by atoms with Gasteiger partial charge in [-0.25, -0.2) is 13.1 Å². The number of allylic oxidation sites excluding steroid dienone is 1. The minimum Gasteiger partial charge on any atom is -0.490 e. The number of hydrogen-bond acceptors (Lipinski definition) is 9. The van der Waals surface area contributed by atoms with E-state index in [0.717, 1.165) is 37.8 Å². The lowest BCUT2D eigenvalue weighted by atomic mass is 9.68. The number of anilines is 1. The van der Waals surface area contributed by atoms with E-state index in [-0.39, 0.29) is 47.4 Å². The van der Waals surface area contributed by atoms with Crippen LogP contribution in [-0.4, -0.2) is 103 Å². The van der Waals surface area contributed by atoms with Crippen molar-refractivity contribution < 1.29 is 37.0 Å². The third kappa shape index (κ3) is 8.88. The SMILES string of the molecule is COCCN(CCOC)C(=O)CO[C@H]1/C=C\C[C@H](C)[C@@H](C)S(=O)(=O)NC(=O)c2ccc3c(c2)N(C[C@@H]2CC[C@H]21)C[C@@]1(CCCc2cc(Cl)ccc21)CO3. The number of amides is 2. The zero-order valence-corrected chi connectivity index (χ0v) is 32.9. The predicted octanol–water partition coefficient (Wildman–Crippen LogP) is 5.39. The largest absolute Gasteiger partial charge is 0.490 e. The van der Waals surface area contributed by atoms with Crippen molar-refractivity contribution in [2.75, 3.05) is 71.7 Å². The Morgan fingerprint density at radius 3 is 2.58 bits per heavy atom. The number of rotatable bonds is 9. The van der Waals surface area contributed by atoms with Crippen molar-refractivity contribution in [2.45, 2.75) is 69.1 Å². The Morgan fingerprint density at radius 2 is 1.87 bits per heavy atom. The molecule has 4 aliphatic rings. The molecule has 11 nitrogen and oxygen atoms in total. The number of ether oxygens (including phenoxy) is 4. The third-order valence-electron chi connectivity index (χ3n) is 11.9. The minimum absolute atomic E-state index is 0.0930. The van der Waals surface area contributed by atoms with Crippen molar-refractivity contribution in [2.24, 2.45) is 17.8 Å². The van der Waals surface area contributed by atoms with E-state index in [1.54, 1.807) is 44.2 Å². The van der Waals surface area contributed by atoms with Gasteiger partial charge in [0.25, 0.3) is 5.91 Å². The van der Waals surface area contributed by atoms with Gasteiger partial charge in [-0.15, -0.1) is 0 Å². The van der Waals surface area contributed by atoms with Crippen molar-refractivity contribution in [3.05, 3.63) is 70.3 Å². The Labute approximate surface area is 319 Å². The number of carbonyl (C=O) groups is 2. The second-order valence-corrected chi connectivity index (χ2v) is 17.7. The number of nitrogens with one attached hydrogen (secondary N) is 1. The molecule has 2 aliphatic carbocycles. The van der Waals surface area contributed by atoms with Gasteiger partial charge in [-0.05, 0) is 105 Å². The average Bonchev–Trinajstić information content (AvgIpc) is 3.27. The highest BCUT2D eigenvalue weighted by Gasteiger charge is 2.45. The fourth-order valence-electron chi connectivity index (χ4n) is 8.34. The second-order valence-electron chi connectivity index (χ2n) is 15.3. The number of nitrogens with zero attached hydrogens (tertiary/aromatic N) is 2. The monoisotopic (exact) mass is 771 g/mol. The highest BCUT2D eigenvalue weighted by molar-refractivity contribution is 7.90. The summed E-state index contributed by atoms with van der Waals surface area (Å²) in [6.45, 7) is 6.88. The highest BCUT2D eigenvalue weighted by Crippen LogP contribution is 2.47. The molecule has 1 N–H and O–H groups in total. The topological polar surface area (TPSA) is 124 Å². The molecule has 0 aromatic heterocycles. The van der Waals surface area contributed by atoms with Crippen LogP contribution in [0, 0.1) is 17.8 Å². The summed E-state index contributed by atoms with van der Waals surface area (Å²) in [6, 6.07) is 11.4. The summed E-state index contributed by atoms with van der Waals surface area (Å²) < 4.78 is 52.9. The zero-order valence-electron chi connectivity index (χ0n) is 31.4. The number of aryl methyl sites for hydroxylation is 1. The van der Waals surface area contributed by atoms with E-state index >= 15 is 0 Å². The lowest BCUT2D eigenvalue weighted by molar-refractivity contribution is -0.140. The summed E-state index contributed by atoms with van der Waals surface area (Å²) in [5.41, 5.74) is 3.18. The van der Waals surface area contributed by atoms with Gasteiger partial charge in [-0.3, -0.25) is 9.59 Å². The fourth-order valence-corrected chi connectivity index (χ4v) is 9.82. The lowest BCUT2D eigenvalue weighted by Gasteiger charge is -2.46. The van der Waals surface area contributed by atoms with E-state index in [1.165, 1.54) is 11.1 Å². The van der Waals surface area contributed by atoms with Crippen LogP contribution in [0.15, 0.2) is 48.6 Å². The maximum absolute atomic E-state index is 13.6. The molecule has 1 fully saturated rings. The van der Waals surface area contributed by atoms with Crippen LogP contribution in [0.2, 0.25) is 5.02 Å². The molecule has 290 valence electrons. The second kappa shape index (κ2) is 17.1. The summed E-state index contributed by atoms with van der Waals surface area (Å²) in [4.78, 5) is 31.0. The first-order chi connectivity index (χ1) is 25.4. The number of carbonyl (C=O) groups excluding carboxylic acids is 2. The Morgan fingerprint density at radius 1 is 1.09 bits per heavy atom. The van der Waals surface area contributed by atoms with Crippen molar-refractivity contribution in [3.8, 4) is 5.75 Å². The number of methoxy groups -OCH3 is 2. The molecule has 2 aromatic rings. The van der Waals surface area contributed by atoms with Crippen LogP contribution in [-0.2, 0) is 40.9 Å². The first kappa shape index (κ1) is 39.5. The van der Waals surface area contributed by atoms with Crippen molar-refractivity contribution in [3.63, 3.8) is 0 Å². The van der Waals surface area contributed by atoms with Crippen LogP contribution in [0.1, 0.15) is 67.4 Å². The van der Waals surface area contributed by atoms with Gasteiger partial charge in [0.15, 0.2) is 0 Å². The third-order valence-corrected chi connectivity index (χ3v) is 14.0. The molecule has 6 atom stereocenters. The summed E-state index contributed by atoms with van der Waals surface area (Å²) >= 11 is 6.46. The molecule has 0 unspecified atom stereocenters. The van der Waals surface area contributed by atoms with Gasteiger partial charge in [0, 0.05) is 56.4 Å². The summed E-state index contributed by atoms with van der Waals surface area (Å²) in [6.07, 6.45) is 8.89. The molecule has 2 bridgehead atoms. The Hall–Kier alpha value is -3.16. The summed E-state index contributed by atoms with van der Waals surface area (Å²) in [5.74, 6) is -0.0625. The molecule has 2 aliphatic heterocycles. The first-order valence-electron chi connectivity index (χ1n) is 18.8. The highest BCUT2D eigenvalue weighted by atomic mass is 35.5. The van der Waals surface area contributed by atoms with Gasteiger partial charge in [0.1, 0.15) is 12.4 Å². The minimum atomic E-state index is -4.00. The average molecular weight is 772 g/mol. The molecule has 1 saturated carbocycles. The molecule has 2 aromatic carbocycles. The quantitative estimate of drug-likeness (QED) is 0.335. The van der Waals surface area contributed by atoms with E-state index in [9.17, 15) is 18.0 Å². The van der Waals surface area contributed by atoms with Gasteiger partial charge in [-0.2, -0.15) is 0 Å². The number of hydrogen-bond donors (Lipinski definition) is 1. The zero-order chi connectivity index (χ0) is 37.8. The number of fused-ring (bicyclic) bond motifs is 4. The van der Waals surface area contributed by atoms with Crippen LogP contribution in [0.4, 0.5) is 5.69 Å². The molecular weight excluding hydrogens is 718 g/mol. The van der Waals surface area contributed by atoms with Crippen LogP contribution in [0.5, 0.6) is 5.75 Å². The lowest BCUT2D eigenvalue weighted by Crippen LogP contribution is -2.50. The molecule has 2 amide bonds. The fraction of sp³-hybridized carbons (Fsp3) is 0.600. The Bertz CT molecular complexity index is 1760. The van der Waals surface area contributed by atoms with Gasteiger partial charge in [-0.1, -0.05) is 36.7 Å². The van der Waals surface area contributed by atoms with E-state index in [1.807, 2.05) is 25.1 Å². The van der Waals surface area contributed by atoms with E-state index < -0.39 is 21.2 Å². The van der Waals surface area contributed by atoms with Gasteiger partial charge < -0.3 is 28.7 Å². The molecule has 1 spiro atoms. The molecule has 0 saturated heterocycles. The normalized spacial score (nSPS) is 28.7. The molecular formula is C40H54ClN3O8S. The summed E-state index contributed by atoms with van der Waals surface area (Å²) in [5, 5.41) is -0.120.